The Kier molecular flexibility index (Phi) is 4.83. The predicted molar refractivity (Wildman–Crippen MR) is 75.7 cm³/mol. The van der Waals surface area contributed by atoms with Crippen molar-refractivity contribution in [2.45, 2.75) is 19.5 Å². The van der Waals surface area contributed by atoms with Gasteiger partial charge in [-0.2, -0.15) is 0 Å². The SMILES string of the molecule is CC(NCc1c(F)ccc(Br)c1F)c1ccc(F)cc1. The maximum atomic E-state index is 13.8. The molecule has 0 bridgehead atoms. The smallest absolute Gasteiger partial charge is 0.144 e. The maximum Gasteiger partial charge on any atom is 0.144 e. The third-order valence-electron chi connectivity index (χ3n) is 3.09. The molecule has 0 aliphatic rings. The van der Waals surface area contributed by atoms with Gasteiger partial charge in [-0.05, 0) is 52.7 Å². The summed E-state index contributed by atoms with van der Waals surface area (Å²) in [4.78, 5) is 0. The lowest BCUT2D eigenvalue weighted by atomic mass is 10.1. The Labute approximate surface area is 123 Å². The topological polar surface area (TPSA) is 12.0 Å². The Hall–Kier alpha value is -1.33. The number of rotatable bonds is 4. The van der Waals surface area contributed by atoms with Gasteiger partial charge in [0, 0.05) is 18.2 Å². The monoisotopic (exact) mass is 343 g/mol. The van der Waals surface area contributed by atoms with Crippen LogP contribution < -0.4 is 5.32 Å². The first kappa shape index (κ1) is 15.1. The van der Waals surface area contributed by atoms with Crippen LogP contribution in [0.5, 0.6) is 0 Å². The molecule has 0 radical (unpaired) electrons. The van der Waals surface area contributed by atoms with Crippen LogP contribution in [0.2, 0.25) is 0 Å². The summed E-state index contributed by atoms with van der Waals surface area (Å²) in [6, 6.07) is 8.39. The minimum absolute atomic E-state index is 0.0201. The minimum Gasteiger partial charge on any atom is -0.306 e. The molecule has 0 amide bonds. The molecule has 0 aromatic heterocycles. The van der Waals surface area contributed by atoms with Crippen LogP contribution in [-0.4, -0.2) is 0 Å². The van der Waals surface area contributed by atoms with Crippen LogP contribution >= 0.6 is 15.9 Å². The fraction of sp³-hybridized carbons (Fsp3) is 0.200. The first-order chi connectivity index (χ1) is 9.49. The molecule has 20 heavy (non-hydrogen) atoms. The molecule has 0 saturated carbocycles. The van der Waals surface area contributed by atoms with E-state index in [9.17, 15) is 13.2 Å². The summed E-state index contributed by atoms with van der Waals surface area (Å²) in [7, 11) is 0. The largest absolute Gasteiger partial charge is 0.306 e. The van der Waals surface area contributed by atoms with E-state index in [0.29, 0.717) is 0 Å². The lowest BCUT2D eigenvalue weighted by molar-refractivity contribution is 0.506. The Balaban J connectivity index is 2.09. The van der Waals surface area contributed by atoms with E-state index in [0.717, 1.165) is 5.56 Å². The molecule has 1 N–H and O–H groups in total. The zero-order chi connectivity index (χ0) is 14.7. The summed E-state index contributed by atoms with van der Waals surface area (Å²) >= 11 is 3.03. The summed E-state index contributed by atoms with van der Waals surface area (Å²) in [6.07, 6.45) is 0. The van der Waals surface area contributed by atoms with Gasteiger partial charge in [-0.3, -0.25) is 0 Å². The second-order valence-electron chi connectivity index (χ2n) is 4.48. The molecule has 0 heterocycles. The Morgan fingerprint density at radius 3 is 2.35 bits per heavy atom. The first-order valence-corrected chi connectivity index (χ1v) is 6.89. The summed E-state index contributed by atoms with van der Waals surface area (Å²) in [5.41, 5.74) is 0.829. The average Bonchev–Trinajstić information content (AvgIpc) is 2.43. The highest BCUT2D eigenvalue weighted by atomic mass is 79.9. The zero-order valence-electron chi connectivity index (χ0n) is 10.8. The third-order valence-corrected chi connectivity index (χ3v) is 3.71. The molecule has 2 aromatic rings. The quantitative estimate of drug-likeness (QED) is 0.792. The molecule has 106 valence electrons. The van der Waals surface area contributed by atoms with Crippen molar-refractivity contribution in [1.82, 2.24) is 5.32 Å². The Morgan fingerprint density at radius 1 is 1.05 bits per heavy atom. The van der Waals surface area contributed by atoms with Gasteiger partial charge in [0.25, 0.3) is 0 Å². The number of halogens is 4. The van der Waals surface area contributed by atoms with Crippen LogP contribution in [0.25, 0.3) is 0 Å². The number of nitrogens with one attached hydrogen (secondary N) is 1. The molecular weight excluding hydrogens is 331 g/mol. The van der Waals surface area contributed by atoms with Crippen molar-refractivity contribution in [3.05, 3.63) is 69.4 Å². The van der Waals surface area contributed by atoms with Gasteiger partial charge in [-0.1, -0.05) is 12.1 Å². The van der Waals surface area contributed by atoms with Gasteiger partial charge in [0.1, 0.15) is 17.5 Å². The van der Waals surface area contributed by atoms with E-state index in [4.69, 9.17) is 0 Å². The second kappa shape index (κ2) is 6.41. The molecule has 0 aliphatic heterocycles. The molecule has 2 rings (SSSR count). The van der Waals surface area contributed by atoms with E-state index in [1.165, 1.54) is 24.3 Å². The van der Waals surface area contributed by atoms with E-state index in [-0.39, 0.29) is 28.4 Å². The van der Waals surface area contributed by atoms with Crippen LogP contribution in [0, 0.1) is 17.5 Å². The first-order valence-electron chi connectivity index (χ1n) is 6.10. The molecule has 1 unspecified atom stereocenters. The summed E-state index contributed by atoms with van der Waals surface area (Å²) in [5.74, 6) is -1.52. The van der Waals surface area contributed by atoms with E-state index in [1.54, 1.807) is 12.1 Å². The van der Waals surface area contributed by atoms with E-state index in [2.05, 4.69) is 21.2 Å². The van der Waals surface area contributed by atoms with Crippen molar-refractivity contribution in [1.29, 1.82) is 0 Å². The highest BCUT2D eigenvalue weighted by Gasteiger charge is 2.13. The molecule has 0 saturated heterocycles. The van der Waals surface area contributed by atoms with Crippen LogP contribution in [-0.2, 0) is 6.54 Å². The summed E-state index contributed by atoms with van der Waals surface area (Å²) in [6.45, 7) is 1.90. The van der Waals surface area contributed by atoms with Gasteiger partial charge in [0.05, 0.1) is 4.47 Å². The average molecular weight is 344 g/mol. The highest BCUT2D eigenvalue weighted by molar-refractivity contribution is 9.10. The highest BCUT2D eigenvalue weighted by Crippen LogP contribution is 2.22. The van der Waals surface area contributed by atoms with Gasteiger partial charge < -0.3 is 5.32 Å². The summed E-state index contributed by atoms with van der Waals surface area (Å²) in [5, 5.41) is 3.02. The van der Waals surface area contributed by atoms with Crippen LogP contribution in [0.15, 0.2) is 40.9 Å². The molecule has 2 aromatic carbocycles. The van der Waals surface area contributed by atoms with Crippen molar-refractivity contribution < 1.29 is 13.2 Å². The number of hydrogen-bond acceptors (Lipinski definition) is 1. The fourth-order valence-electron chi connectivity index (χ4n) is 1.86. The normalized spacial score (nSPS) is 12.4. The van der Waals surface area contributed by atoms with Crippen molar-refractivity contribution in [2.24, 2.45) is 0 Å². The fourth-order valence-corrected chi connectivity index (χ4v) is 2.23. The van der Waals surface area contributed by atoms with Gasteiger partial charge in [-0.25, -0.2) is 13.2 Å². The molecule has 5 heteroatoms. The van der Waals surface area contributed by atoms with E-state index < -0.39 is 11.6 Å². The van der Waals surface area contributed by atoms with Gasteiger partial charge >= 0.3 is 0 Å². The van der Waals surface area contributed by atoms with E-state index >= 15 is 0 Å². The molecule has 0 spiro atoms. The molecule has 0 aliphatic carbocycles. The van der Waals surface area contributed by atoms with Gasteiger partial charge in [-0.15, -0.1) is 0 Å². The van der Waals surface area contributed by atoms with Crippen LogP contribution in [0.4, 0.5) is 13.2 Å². The molecule has 0 fully saturated rings. The lowest BCUT2D eigenvalue weighted by Gasteiger charge is -2.15. The second-order valence-corrected chi connectivity index (χ2v) is 5.33. The molecule has 1 atom stereocenters. The van der Waals surface area contributed by atoms with Gasteiger partial charge in [0.15, 0.2) is 0 Å². The predicted octanol–water partition coefficient (Wildman–Crippen LogP) is 4.72. The Bertz CT molecular complexity index is 599. The Morgan fingerprint density at radius 2 is 1.70 bits per heavy atom. The number of benzene rings is 2. The lowest BCUT2D eigenvalue weighted by Crippen LogP contribution is -2.19. The van der Waals surface area contributed by atoms with Crippen LogP contribution in [0.3, 0.4) is 0 Å². The minimum atomic E-state index is -0.608. The van der Waals surface area contributed by atoms with Crippen molar-refractivity contribution in [2.75, 3.05) is 0 Å². The maximum absolute atomic E-state index is 13.8. The van der Waals surface area contributed by atoms with Crippen molar-refractivity contribution in [3.63, 3.8) is 0 Å². The third kappa shape index (κ3) is 3.41. The van der Waals surface area contributed by atoms with Crippen molar-refractivity contribution in [3.8, 4) is 0 Å². The van der Waals surface area contributed by atoms with Gasteiger partial charge in [0.2, 0.25) is 0 Å². The standard InChI is InChI=1S/C15H13BrF3N/c1-9(10-2-4-11(17)5-3-10)20-8-12-14(18)7-6-13(16)15(12)19/h2-7,9,20H,8H2,1H3. The van der Waals surface area contributed by atoms with E-state index in [1.807, 2.05) is 6.92 Å². The summed E-state index contributed by atoms with van der Waals surface area (Å²) < 4.78 is 40.4. The molecular formula is C15H13BrF3N. The van der Waals surface area contributed by atoms with Crippen molar-refractivity contribution >= 4 is 15.9 Å². The van der Waals surface area contributed by atoms with Crippen LogP contribution in [0.1, 0.15) is 24.1 Å². The molecule has 1 nitrogen and oxygen atoms in total. The number of hydrogen-bond donors (Lipinski definition) is 1. The zero-order valence-corrected chi connectivity index (χ0v) is 12.3.